The number of benzene rings is 2. The third-order valence-electron chi connectivity index (χ3n) is 4.20. The molecule has 0 radical (unpaired) electrons. The summed E-state index contributed by atoms with van der Waals surface area (Å²) in [5.74, 6) is 2.25. The molecule has 5 heteroatoms. The summed E-state index contributed by atoms with van der Waals surface area (Å²) in [6, 6.07) is 14.9. The number of hydrogen-bond acceptors (Lipinski definition) is 5. The first-order valence-corrected chi connectivity index (χ1v) is 8.84. The fourth-order valence-electron chi connectivity index (χ4n) is 2.76. The highest BCUT2D eigenvalue weighted by Gasteiger charge is 2.14. The summed E-state index contributed by atoms with van der Waals surface area (Å²) >= 11 is 0. The molecule has 3 N–H and O–H groups in total. The molecule has 1 aliphatic rings. The quantitative estimate of drug-likeness (QED) is 0.730. The molecule has 26 heavy (non-hydrogen) atoms. The van der Waals surface area contributed by atoms with Gasteiger partial charge in [-0.25, -0.2) is 0 Å². The second kappa shape index (κ2) is 9.06. The summed E-state index contributed by atoms with van der Waals surface area (Å²) in [5.41, 5.74) is 6.46. The first kappa shape index (κ1) is 18.0. The van der Waals surface area contributed by atoms with E-state index in [-0.39, 0.29) is 6.10 Å². The summed E-state index contributed by atoms with van der Waals surface area (Å²) in [4.78, 5) is 0. The van der Waals surface area contributed by atoms with E-state index in [1.165, 1.54) is 12.6 Å². The summed E-state index contributed by atoms with van der Waals surface area (Å²) in [7, 11) is 0. The van der Waals surface area contributed by atoms with Crippen molar-refractivity contribution in [2.24, 2.45) is 5.73 Å². The maximum Gasteiger partial charge on any atom is 0.127 e. The van der Waals surface area contributed by atoms with Crippen molar-refractivity contribution < 1.29 is 14.2 Å². The predicted molar refractivity (Wildman–Crippen MR) is 102 cm³/mol. The molecule has 0 amide bonds. The molecule has 1 heterocycles. The van der Waals surface area contributed by atoms with Crippen LogP contribution >= 0.6 is 0 Å². The average Bonchev–Trinajstić information content (AvgIpc) is 2.69. The first-order chi connectivity index (χ1) is 12.7. The molecule has 0 aliphatic carbocycles. The van der Waals surface area contributed by atoms with Gasteiger partial charge in [-0.3, -0.25) is 0 Å². The van der Waals surface area contributed by atoms with Crippen LogP contribution in [-0.4, -0.2) is 25.0 Å². The normalized spacial score (nSPS) is 17.2. The van der Waals surface area contributed by atoms with E-state index in [9.17, 15) is 0 Å². The van der Waals surface area contributed by atoms with E-state index in [1.54, 1.807) is 6.08 Å². The molecule has 1 fully saturated rings. The Balaban J connectivity index is 1.52. The molecule has 1 unspecified atom stereocenters. The van der Waals surface area contributed by atoms with Gasteiger partial charge in [0.1, 0.15) is 23.9 Å². The summed E-state index contributed by atoms with van der Waals surface area (Å²) in [5, 5.41) is 7.83. The van der Waals surface area contributed by atoms with Crippen LogP contribution in [0.3, 0.4) is 0 Å². The van der Waals surface area contributed by atoms with Crippen LogP contribution in [0.5, 0.6) is 17.2 Å². The van der Waals surface area contributed by atoms with E-state index in [2.05, 4.69) is 0 Å². The molecule has 2 aromatic rings. The molecule has 0 bridgehead atoms. The van der Waals surface area contributed by atoms with Crippen molar-refractivity contribution in [1.29, 1.82) is 5.41 Å². The number of ether oxygens (including phenoxy) is 3. The minimum absolute atomic E-state index is 0.200. The van der Waals surface area contributed by atoms with Gasteiger partial charge in [0.25, 0.3) is 0 Å². The molecule has 1 aliphatic heterocycles. The van der Waals surface area contributed by atoms with Gasteiger partial charge in [-0.15, -0.1) is 0 Å². The monoisotopic (exact) mass is 352 g/mol. The summed E-state index contributed by atoms with van der Waals surface area (Å²) in [6.07, 6.45) is 6.53. The predicted octanol–water partition coefficient (Wildman–Crippen LogP) is 4.27. The number of rotatable bonds is 7. The van der Waals surface area contributed by atoms with E-state index in [1.807, 2.05) is 48.5 Å². The smallest absolute Gasteiger partial charge is 0.127 e. The van der Waals surface area contributed by atoms with E-state index < -0.39 is 0 Å². The van der Waals surface area contributed by atoms with Crippen molar-refractivity contribution in [3.05, 3.63) is 66.4 Å². The zero-order valence-corrected chi connectivity index (χ0v) is 14.7. The molecule has 0 aromatic heterocycles. The molecule has 1 saturated heterocycles. The van der Waals surface area contributed by atoms with Crippen LogP contribution in [-0.2, 0) is 4.74 Å². The SMILES string of the molecule is N=C(C=CN)c1ccc(Oc2ccc(OCC3CCCCO3)cc2)cc1. The average molecular weight is 352 g/mol. The fourth-order valence-corrected chi connectivity index (χ4v) is 2.76. The maximum absolute atomic E-state index is 7.83. The molecular formula is C21H24N2O3. The zero-order valence-electron chi connectivity index (χ0n) is 14.7. The van der Waals surface area contributed by atoms with E-state index >= 15 is 0 Å². The number of hydrogen-bond donors (Lipinski definition) is 2. The molecule has 1 atom stereocenters. The Bertz CT molecular complexity index is 733. The third kappa shape index (κ3) is 5.10. The van der Waals surface area contributed by atoms with Gasteiger partial charge >= 0.3 is 0 Å². The Kier molecular flexibility index (Phi) is 6.28. The van der Waals surface area contributed by atoms with Gasteiger partial charge in [0, 0.05) is 6.61 Å². The van der Waals surface area contributed by atoms with Gasteiger partial charge < -0.3 is 25.4 Å². The molecule has 2 aromatic carbocycles. The Morgan fingerprint density at radius 3 is 2.31 bits per heavy atom. The molecule has 136 valence electrons. The van der Waals surface area contributed by atoms with Crippen molar-refractivity contribution in [3.8, 4) is 17.2 Å². The minimum atomic E-state index is 0.200. The second-order valence-electron chi connectivity index (χ2n) is 6.17. The zero-order chi connectivity index (χ0) is 18.2. The Labute approximate surface area is 153 Å². The Hall–Kier alpha value is -2.79. The number of nitrogens with one attached hydrogen (secondary N) is 1. The highest BCUT2D eigenvalue weighted by Crippen LogP contribution is 2.25. The lowest BCUT2D eigenvalue weighted by atomic mass is 10.1. The Morgan fingerprint density at radius 2 is 1.69 bits per heavy atom. The van der Waals surface area contributed by atoms with Crippen LogP contribution in [0.1, 0.15) is 24.8 Å². The van der Waals surface area contributed by atoms with Gasteiger partial charge in [-0.1, -0.05) is 0 Å². The lowest BCUT2D eigenvalue weighted by molar-refractivity contribution is -0.0110. The molecular weight excluding hydrogens is 328 g/mol. The van der Waals surface area contributed by atoms with E-state index in [0.29, 0.717) is 18.1 Å². The largest absolute Gasteiger partial charge is 0.491 e. The highest BCUT2D eigenvalue weighted by atomic mass is 16.5. The Morgan fingerprint density at radius 1 is 1.04 bits per heavy atom. The lowest BCUT2D eigenvalue weighted by Gasteiger charge is -2.22. The maximum atomic E-state index is 7.83. The van der Waals surface area contributed by atoms with Gasteiger partial charge in [0.2, 0.25) is 0 Å². The summed E-state index contributed by atoms with van der Waals surface area (Å²) in [6.45, 7) is 1.42. The van der Waals surface area contributed by atoms with Crippen LogP contribution in [0.4, 0.5) is 0 Å². The molecule has 3 rings (SSSR count). The van der Waals surface area contributed by atoms with Crippen molar-refractivity contribution in [3.63, 3.8) is 0 Å². The summed E-state index contributed by atoms with van der Waals surface area (Å²) < 4.78 is 17.3. The van der Waals surface area contributed by atoms with Crippen LogP contribution in [0, 0.1) is 5.41 Å². The topological polar surface area (TPSA) is 77.6 Å². The van der Waals surface area contributed by atoms with E-state index in [4.69, 9.17) is 25.4 Å². The third-order valence-corrected chi connectivity index (χ3v) is 4.20. The highest BCUT2D eigenvalue weighted by molar-refractivity contribution is 6.06. The van der Waals surface area contributed by atoms with Gasteiger partial charge in [0.05, 0.1) is 11.8 Å². The number of allylic oxidation sites excluding steroid dienone is 1. The molecule has 0 saturated carbocycles. The second-order valence-corrected chi connectivity index (χ2v) is 6.17. The van der Waals surface area contributed by atoms with Gasteiger partial charge in [-0.2, -0.15) is 0 Å². The van der Waals surface area contributed by atoms with Crippen molar-refractivity contribution in [2.45, 2.75) is 25.4 Å². The standard InChI is InChI=1S/C21H24N2O3/c22-13-12-21(23)16-4-6-18(7-5-16)26-19-10-8-17(9-11-19)25-15-20-3-1-2-14-24-20/h4-13,20,23H,1-3,14-15,22H2. The lowest BCUT2D eigenvalue weighted by Crippen LogP contribution is -2.25. The molecule has 5 nitrogen and oxygen atoms in total. The van der Waals surface area contributed by atoms with Crippen LogP contribution < -0.4 is 15.2 Å². The van der Waals surface area contributed by atoms with Gasteiger partial charge in [-0.05, 0) is 85.6 Å². The minimum Gasteiger partial charge on any atom is -0.491 e. The van der Waals surface area contributed by atoms with Crippen molar-refractivity contribution in [1.82, 2.24) is 0 Å². The van der Waals surface area contributed by atoms with Crippen LogP contribution in [0.25, 0.3) is 0 Å². The molecule has 0 spiro atoms. The van der Waals surface area contributed by atoms with Crippen LogP contribution in [0.15, 0.2) is 60.8 Å². The van der Waals surface area contributed by atoms with Crippen molar-refractivity contribution in [2.75, 3.05) is 13.2 Å². The van der Waals surface area contributed by atoms with Crippen molar-refractivity contribution >= 4 is 5.71 Å². The number of nitrogens with two attached hydrogens (primary N) is 1. The van der Waals surface area contributed by atoms with Gasteiger partial charge in [0.15, 0.2) is 0 Å². The fraction of sp³-hybridized carbons (Fsp3) is 0.286. The first-order valence-electron chi connectivity index (χ1n) is 8.84. The van der Waals surface area contributed by atoms with E-state index in [0.717, 1.165) is 36.5 Å². The van der Waals surface area contributed by atoms with Crippen LogP contribution in [0.2, 0.25) is 0 Å².